The largest absolute Gasteiger partial charge is 0.395 e. The van der Waals surface area contributed by atoms with Gasteiger partial charge in [0.05, 0.1) is 6.61 Å². The van der Waals surface area contributed by atoms with Gasteiger partial charge in [-0.2, -0.15) is 0 Å². The van der Waals surface area contributed by atoms with Crippen LogP contribution in [0.1, 0.15) is 12.6 Å². The molecule has 2 nitrogen and oxygen atoms in total. The first-order valence-corrected chi connectivity index (χ1v) is 4.69. The van der Waals surface area contributed by atoms with E-state index in [0.717, 1.165) is 13.0 Å². The van der Waals surface area contributed by atoms with Gasteiger partial charge in [-0.05, 0) is 24.6 Å². The highest BCUT2D eigenvalue weighted by molar-refractivity contribution is 5.29. The van der Waals surface area contributed by atoms with Gasteiger partial charge in [0.2, 0.25) is 0 Å². The van der Waals surface area contributed by atoms with Crippen LogP contribution in [0.3, 0.4) is 0 Å². The van der Waals surface area contributed by atoms with Crippen molar-refractivity contribution >= 4 is 0 Å². The topological polar surface area (TPSA) is 23.5 Å². The summed E-state index contributed by atoms with van der Waals surface area (Å²) in [4.78, 5) is 2.21. The van der Waals surface area contributed by atoms with Gasteiger partial charge < -0.3 is 5.11 Å². The predicted octanol–water partition coefficient (Wildman–Crippen LogP) is 1.28. The number of likely N-dealkylation sites (N-methyl/N-ethyl adjacent to an activating group) is 1. The van der Waals surface area contributed by atoms with Crippen LogP contribution >= 0.6 is 0 Å². The number of fused-ring (bicyclic) bond motifs is 1. The third-order valence-corrected chi connectivity index (χ3v) is 2.83. The van der Waals surface area contributed by atoms with E-state index in [-0.39, 0.29) is 8.03 Å². The Morgan fingerprint density at radius 3 is 2.85 bits per heavy atom. The van der Waals surface area contributed by atoms with Crippen molar-refractivity contribution in [1.82, 2.24) is 4.90 Å². The molecule has 13 heavy (non-hydrogen) atoms. The van der Waals surface area contributed by atoms with Gasteiger partial charge in [-0.3, -0.25) is 4.90 Å². The summed E-state index contributed by atoms with van der Waals surface area (Å²) >= 11 is 0. The SMILES string of the molecule is CN1Cc2ccccc2C[C@H]1CO.[HH]. The molecule has 0 amide bonds. The summed E-state index contributed by atoms with van der Waals surface area (Å²) in [5.74, 6) is 0. The molecule has 72 valence electrons. The monoisotopic (exact) mass is 179 g/mol. The van der Waals surface area contributed by atoms with E-state index in [9.17, 15) is 0 Å². The zero-order valence-electron chi connectivity index (χ0n) is 7.90. The average Bonchev–Trinajstić information content (AvgIpc) is 2.17. The number of benzene rings is 1. The highest BCUT2D eigenvalue weighted by Crippen LogP contribution is 2.21. The Kier molecular flexibility index (Phi) is 2.34. The Bertz CT molecular complexity index is 303. The summed E-state index contributed by atoms with van der Waals surface area (Å²) in [5.41, 5.74) is 2.79. The molecular weight excluding hydrogens is 162 g/mol. The number of nitrogens with zero attached hydrogens (tertiary/aromatic N) is 1. The van der Waals surface area contributed by atoms with Crippen LogP contribution in [0.25, 0.3) is 0 Å². The van der Waals surface area contributed by atoms with Gasteiger partial charge in [0, 0.05) is 14.0 Å². The second kappa shape index (κ2) is 3.48. The van der Waals surface area contributed by atoms with E-state index in [1.165, 1.54) is 11.1 Å². The van der Waals surface area contributed by atoms with E-state index in [2.05, 4.69) is 36.2 Å². The normalized spacial score (nSPS) is 22.8. The van der Waals surface area contributed by atoms with Crippen molar-refractivity contribution in [3.8, 4) is 0 Å². The predicted molar refractivity (Wildman–Crippen MR) is 54.6 cm³/mol. The lowest BCUT2D eigenvalue weighted by molar-refractivity contribution is 0.131. The van der Waals surface area contributed by atoms with Crippen molar-refractivity contribution in [3.63, 3.8) is 0 Å². The molecule has 0 saturated carbocycles. The number of aliphatic hydroxyl groups excluding tert-OH is 1. The summed E-state index contributed by atoms with van der Waals surface area (Å²) in [6.45, 7) is 1.21. The molecule has 1 aromatic carbocycles. The minimum atomic E-state index is 0. The summed E-state index contributed by atoms with van der Waals surface area (Å²) in [6, 6.07) is 8.77. The van der Waals surface area contributed by atoms with Crippen LogP contribution < -0.4 is 0 Å². The number of hydrogen-bond acceptors (Lipinski definition) is 2. The number of hydrogen-bond donors (Lipinski definition) is 1. The van der Waals surface area contributed by atoms with Crippen molar-refractivity contribution in [2.75, 3.05) is 13.7 Å². The fourth-order valence-corrected chi connectivity index (χ4v) is 1.92. The van der Waals surface area contributed by atoms with Gasteiger partial charge >= 0.3 is 0 Å². The molecule has 2 rings (SSSR count). The third-order valence-electron chi connectivity index (χ3n) is 2.83. The van der Waals surface area contributed by atoms with Crippen molar-refractivity contribution in [3.05, 3.63) is 35.4 Å². The van der Waals surface area contributed by atoms with Crippen LogP contribution in [0.4, 0.5) is 0 Å². The van der Waals surface area contributed by atoms with Gasteiger partial charge in [-0.25, -0.2) is 0 Å². The zero-order valence-corrected chi connectivity index (χ0v) is 7.90. The van der Waals surface area contributed by atoms with Gasteiger partial charge in [-0.1, -0.05) is 24.3 Å². The number of aliphatic hydroxyl groups is 1. The molecule has 2 heteroatoms. The van der Waals surface area contributed by atoms with Crippen LogP contribution in [0.5, 0.6) is 0 Å². The molecule has 0 aromatic heterocycles. The highest BCUT2D eigenvalue weighted by atomic mass is 16.3. The lowest BCUT2D eigenvalue weighted by Crippen LogP contribution is -2.39. The van der Waals surface area contributed by atoms with Gasteiger partial charge in [-0.15, -0.1) is 0 Å². The summed E-state index contributed by atoms with van der Waals surface area (Å²) in [7, 11) is 2.07. The van der Waals surface area contributed by atoms with Crippen LogP contribution in [0.2, 0.25) is 0 Å². The summed E-state index contributed by atoms with van der Waals surface area (Å²) in [5, 5.41) is 9.15. The molecular formula is C11H17NO. The highest BCUT2D eigenvalue weighted by Gasteiger charge is 2.21. The van der Waals surface area contributed by atoms with Gasteiger partial charge in [0.1, 0.15) is 0 Å². The van der Waals surface area contributed by atoms with E-state index in [0.29, 0.717) is 6.04 Å². The molecule has 1 N–H and O–H groups in total. The Morgan fingerprint density at radius 1 is 1.46 bits per heavy atom. The molecule has 0 saturated heterocycles. The number of rotatable bonds is 1. The van der Waals surface area contributed by atoms with Crippen LogP contribution in [-0.4, -0.2) is 29.7 Å². The Hall–Kier alpha value is -0.860. The quantitative estimate of drug-likeness (QED) is 0.702. The van der Waals surface area contributed by atoms with Crippen molar-refractivity contribution < 1.29 is 6.53 Å². The maximum Gasteiger partial charge on any atom is 0.0590 e. The molecule has 1 atom stereocenters. The Balaban J connectivity index is 0.000000980. The lowest BCUT2D eigenvalue weighted by atomic mass is 9.95. The molecule has 0 unspecified atom stereocenters. The first-order valence-electron chi connectivity index (χ1n) is 4.69. The molecule has 1 aromatic rings. The molecule has 1 heterocycles. The third kappa shape index (κ3) is 1.60. The van der Waals surface area contributed by atoms with E-state index >= 15 is 0 Å². The lowest BCUT2D eigenvalue weighted by Gasteiger charge is -2.32. The minimum Gasteiger partial charge on any atom is -0.395 e. The minimum absolute atomic E-state index is 0. The summed E-state index contributed by atoms with van der Waals surface area (Å²) < 4.78 is 0. The molecule has 0 aliphatic carbocycles. The van der Waals surface area contributed by atoms with E-state index in [4.69, 9.17) is 5.11 Å². The van der Waals surface area contributed by atoms with Crippen LogP contribution in [-0.2, 0) is 13.0 Å². The second-order valence-corrected chi connectivity index (χ2v) is 3.72. The van der Waals surface area contributed by atoms with E-state index < -0.39 is 0 Å². The molecule has 0 fully saturated rings. The van der Waals surface area contributed by atoms with Crippen molar-refractivity contribution in [1.29, 1.82) is 0 Å². The van der Waals surface area contributed by atoms with Crippen LogP contribution in [0, 0.1) is 0 Å². The maximum absolute atomic E-state index is 9.15. The zero-order chi connectivity index (χ0) is 9.26. The standard InChI is InChI=1S/C11H15NO.H2/c1-12-7-10-5-3-2-4-9(10)6-11(12)8-13;/h2-5,11,13H,6-8H2,1H3;1H/t11-;/m0./s1. The fraction of sp³-hybridized carbons (Fsp3) is 0.455. The smallest absolute Gasteiger partial charge is 0.0590 e. The van der Waals surface area contributed by atoms with E-state index in [1.54, 1.807) is 0 Å². The molecule has 1 aliphatic rings. The van der Waals surface area contributed by atoms with Gasteiger partial charge in [0.25, 0.3) is 0 Å². The molecule has 0 radical (unpaired) electrons. The maximum atomic E-state index is 9.15. The van der Waals surface area contributed by atoms with E-state index in [1.807, 2.05) is 0 Å². The van der Waals surface area contributed by atoms with Crippen LogP contribution in [0.15, 0.2) is 24.3 Å². The first-order chi connectivity index (χ1) is 6.31. The molecule has 0 spiro atoms. The Labute approximate surface area is 80.3 Å². The van der Waals surface area contributed by atoms with Crippen molar-refractivity contribution in [2.45, 2.75) is 19.0 Å². The fourth-order valence-electron chi connectivity index (χ4n) is 1.92. The molecule has 1 aliphatic heterocycles. The molecule has 0 bridgehead atoms. The van der Waals surface area contributed by atoms with Crippen molar-refractivity contribution in [2.24, 2.45) is 0 Å². The first kappa shape index (κ1) is 8.73. The summed E-state index contributed by atoms with van der Waals surface area (Å²) in [6.07, 6.45) is 0.975. The van der Waals surface area contributed by atoms with Gasteiger partial charge in [0.15, 0.2) is 0 Å². The Morgan fingerprint density at radius 2 is 2.15 bits per heavy atom. The average molecular weight is 179 g/mol. The second-order valence-electron chi connectivity index (χ2n) is 3.72.